The van der Waals surface area contributed by atoms with Crippen molar-refractivity contribution in [3.63, 3.8) is 0 Å². The SMILES string of the molecule is O=C(Nc1cc(Cl)ccc1Cl)c1cc(N2CCCC2)ccn1. The van der Waals surface area contributed by atoms with Crippen molar-refractivity contribution in [2.75, 3.05) is 23.3 Å². The number of hydrogen-bond acceptors (Lipinski definition) is 3. The molecule has 0 unspecified atom stereocenters. The van der Waals surface area contributed by atoms with Gasteiger partial charge in [0.1, 0.15) is 5.69 Å². The fraction of sp³-hybridized carbons (Fsp3) is 0.250. The Hall–Kier alpha value is -1.78. The van der Waals surface area contributed by atoms with E-state index in [4.69, 9.17) is 23.2 Å². The maximum Gasteiger partial charge on any atom is 0.274 e. The number of pyridine rings is 1. The molecule has 3 rings (SSSR count). The first kappa shape index (κ1) is 15.1. The van der Waals surface area contributed by atoms with Crippen LogP contribution in [0.3, 0.4) is 0 Å². The number of carbonyl (C=O) groups excluding carboxylic acids is 1. The first-order valence-electron chi connectivity index (χ1n) is 7.11. The maximum absolute atomic E-state index is 12.4. The Kier molecular flexibility index (Phi) is 4.50. The Morgan fingerprint density at radius 2 is 1.91 bits per heavy atom. The number of amides is 1. The van der Waals surface area contributed by atoms with Gasteiger partial charge in [0.15, 0.2) is 0 Å². The highest BCUT2D eigenvalue weighted by Crippen LogP contribution is 2.26. The summed E-state index contributed by atoms with van der Waals surface area (Å²) < 4.78 is 0. The molecule has 0 bridgehead atoms. The minimum atomic E-state index is -0.301. The normalized spacial score (nSPS) is 14.2. The van der Waals surface area contributed by atoms with Crippen molar-refractivity contribution in [1.82, 2.24) is 4.98 Å². The molecule has 6 heteroatoms. The van der Waals surface area contributed by atoms with Gasteiger partial charge in [0.25, 0.3) is 5.91 Å². The van der Waals surface area contributed by atoms with Crippen LogP contribution in [-0.2, 0) is 0 Å². The van der Waals surface area contributed by atoms with E-state index in [-0.39, 0.29) is 5.91 Å². The third-order valence-electron chi connectivity index (χ3n) is 3.62. The molecule has 22 heavy (non-hydrogen) atoms. The van der Waals surface area contributed by atoms with E-state index in [0.29, 0.717) is 21.4 Å². The molecular formula is C16H15Cl2N3O. The Labute approximate surface area is 139 Å². The quantitative estimate of drug-likeness (QED) is 0.912. The van der Waals surface area contributed by atoms with Crippen molar-refractivity contribution >= 4 is 40.5 Å². The topological polar surface area (TPSA) is 45.2 Å². The van der Waals surface area contributed by atoms with Crippen LogP contribution >= 0.6 is 23.2 Å². The summed E-state index contributed by atoms with van der Waals surface area (Å²) in [6.07, 6.45) is 4.02. The summed E-state index contributed by atoms with van der Waals surface area (Å²) in [5, 5.41) is 3.70. The number of anilines is 2. The Morgan fingerprint density at radius 3 is 2.68 bits per heavy atom. The van der Waals surface area contributed by atoms with Gasteiger partial charge in [0, 0.05) is 30.0 Å². The average molecular weight is 336 g/mol. The van der Waals surface area contributed by atoms with E-state index in [2.05, 4.69) is 15.2 Å². The molecule has 1 aromatic carbocycles. The second-order valence-electron chi connectivity index (χ2n) is 5.17. The number of halogens is 2. The van der Waals surface area contributed by atoms with Gasteiger partial charge in [-0.05, 0) is 43.2 Å². The number of benzene rings is 1. The van der Waals surface area contributed by atoms with Crippen molar-refractivity contribution in [2.45, 2.75) is 12.8 Å². The second-order valence-corrected chi connectivity index (χ2v) is 6.02. The summed E-state index contributed by atoms with van der Waals surface area (Å²) in [5.74, 6) is -0.301. The zero-order chi connectivity index (χ0) is 15.5. The number of hydrogen-bond donors (Lipinski definition) is 1. The van der Waals surface area contributed by atoms with Gasteiger partial charge in [-0.25, -0.2) is 0 Å². The molecule has 0 saturated carbocycles. The predicted octanol–water partition coefficient (Wildman–Crippen LogP) is 4.24. The van der Waals surface area contributed by atoms with Crippen molar-refractivity contribution in [2.24, 2.45) is 0 Å². The van der Waals surface area contributed by atoms with Crippen LogP contribution in [0, 0.1) is 0 Å². The van der Waals surface area contributed by atoms with Gasteiger partial charge >= 0.3 is 0 Å². The van der Waals surface area contributed by atoms with Gasteiger partial charge in [0.05, 0.1) is 10.7 Å². The second kappa shape index (κ2) is 6.55. The molecule has 4 nitrogen and oxygen atoms in total. The highest BCUT2D eigenvalue weighted by atomic mass is 35.5. The van der Waals surface area contributed by atoms with Crippen LogP contribution in [-0.4, -0.2) is 24.0 Å². The Balaban J connectivity index is 1.80. The maximum atomic E-state index is 12.4. The molecule has 1 saturated heterocycles. The molecule has 0 radical (unpaired) electrons. The fourth-order valence-electron chi connectivity index (χ4n) is 2.50. The molecule has 2 heterocycles. The molecular weight excluding hydrogens is 321 g/mol. The molecule has 1 aliphatic heterocycles. The molecule has 1 amide bonds. The molecule has 1 aromatic heterocycles. The van der Waals surface area contributed by atoms with Gasteiger partial charge in [-0.15, -0.1) is 0 Å². The van der Waals surface area contributed by atoms with Gasteiger partial charge in [0.2, 0.25) is 0 Å². The summed E-state index contributed by atoms with van der Waals surface area (Å²) in [6, 6.07) is 8.67. The minimum Gasteiger partial charge on any atom is -0.371 e. The molecule has 0 spiro atoms. The van der Waals surface area contributed by atoms with Gasteiger partial charge in [-0.2, -0.15) is 0 Å². The van der Waals surface area contributed by atoms with Crippen molar-refractivity contribution in [3.8, 4) is 0 Å². The van der Waals surface area contributed by atoms with Crippen molar-refractivity contribution in [3.05, 3.63) is 52.3 Å². The molecule has 1 aliphatic rings. The van der Waals surface area contributed by atoms with Gasteiger partial charge in [-0.1, -0.05) is 23.2 Å². The van der Waals surface area contributed by atoms with Crippen LogP contribution in [0.25, 0.3) is 0 Å². The van der Waals surface area contributed by atoms with Crippen LogP contribution in [0.4, 0.5) is 11.4 Å². The summed E-state index contributed by atoms with van der Waals surface area (Å²) in [7, 11) is 0. The zero-order valence-electron chi connectivity index (χ0n) is 11.9. The molecule has 2 aromatic rings. The van der Waals surface area contributed by atoms with Crippen molar-refractivity contribution < 1.29 is 4.79 Å². The third kappa shape index (κ3) is 3.34. The number of carbonyl (C=O) groups is 1. The lowest BCUT2D eigenvalue weighted by molar-refractivity contribution is 0.102. The fourth-order valence-corrected chi connectivity index (χ4v) is 2.83. The van der Waals surface area contributed by atoms with Crippen LogP contribution < -0.4 is 10.2 Å². The number of nitrogens with one attached hydrogen (secondary N) is 1. The lowest BCUT2D eigenvalue weighted by Crippen LogP contribution is -2.19. The highest BCUT2D eigenvalue weighted by Gasteiger charge is 2.15. The van der Waals surface area contributed by atoms with E-state index in [9.17, 15) is 4.79 Å². The highest BCUT2D eigenvalue weighted by molar-refractivity contribution is 6.35. The molecule has 114 valence electrons. The van der Waals surface area contributed by atoms with E-state index in [1.165, 1.54) is 12.8 Å². The molecule has 0 aliphatic carbocycles. The predicted molar refractivity (Wildman–Crippen MR) is 90.1 cm³/mol. The van der Waals surface area contributed by atoms with Crippen LogP contribution in [0.1, 0.15) is 23.3 Å². The lowest BCUT2D eigenvalue weighted by atomic mass is 10.2. The smallest absolute Gasteiger partial charge is 0.274 e. The lowest BCUT2D eigenvalue weighted by Gasteiger charge is -2.17. The largest absolute Gasteiger partial charge is 0.371 e. The summed E-state index contributed by atoms with van der Waals surface area (Å²) in [4.78, 5) is 18.7. The standard InChI is InChI=1S/C16H15Cl2N3O/c17-11-3-4-13(18)14(9-11)20-16(22)15-10-12(5-6-19-15)21-7-1-2-8-21/h3-6,9-10H,1-2,7-8H2,(H,20,22). The monoisotopic (exact) mass is 335 g/mol. The van der Waals surface area contributed by atoms with Crippen LogP contribution in [0.2, 0.25) is 10.0 Å². The Bertz CT molecular complexity index is 700. The Morgan fingerprint density at radius 1 is 1.14 bits per heavy atom. The summed E-state index contributed by atoms with van der Waals surface area (Å²) in [5.41, 5.74) is 1.86. The van der Waals surface area contributed by atoms with E-state index in [0.717, 1.165) is 18.8 Å². The first-order valence-corrected chi connectivity index (χ1v) is 7.86. The number of rotatable bonds is 3. The summed E-state index contributed by atoms with van der Waals surface area (Å²) >= 11 is 12.0. The minimum absolute atomic E-state index is 0.301. The van der Waals surface area contributed by atoms with Gasteiger partial charge < -0.3 is 10.2 Å². The zero-order valence-corrected chi connectivity index (χ0v) is 13.4. The van der Waals surface area contributed by atoms with E-state index in [1.807, 2.05) is 6.07 Å². The number of nitrogens with zero attached hydrogens (tertiary/aromatic N) is 2. The van der Waals surface area contributed by atoms with E-state index < -0.39 is 0 Å². The van der Waals surface area contributed by atoms with Gasteiger partial charge in [-0.3, -0.25) is 9.78 Å². The third-order valence-corrected chi connectivity index (χ3v) is 4.19. The van der Waals surface area contributed by atoms with E-state index in [1.54, 1.807) is 30.5 Å². The first-order chi connectivity index (χ1) is 10.6. The van der Waals surface area contributed by atoms with Crippen LogP contribution in [0.5, 0.6) is 0 Å². The molecule has 1 N–H and O–H groups in total. The van der Waals surface area contributed by atoms with Crippen LogP contribution in [0.15, 0.2) is 36.5 Å². The average Bonchev–Trinajstić information content (AvgIpc) is 3.05. The summed E-state index contributed by atoms with van der Waals surface area (Å²) in [6.45, 7) is 2.04. The van der Waals surface area contributed by atoms with E-state index >= 15 is 0 Å². The molecule has 0 atom stereocenters. The number of aromatic nitrogens is 1. The van der Waals surface area contributed by atoms with Crippen molar-refractivity contribution in [1.29, 1.82) is 0 Å². The molecule has 1 fully saturated rings.